The van der Waals surface area contributed by atoms with E-state index in [0.29, 0.717) is 0 Å². The quantitative estimate of drug-likeness (QED) is 0.467. The molecule has 0 aromatic carbocycles. The second-order valence-corrected chi connectivity index (χ2v) is 1.59. The number of nitrogens with zero attached hydrogens (tertiary/aromatic N) is 1. The van der Waals surface area contributed by atoms with E-state index in [4.69, 9.17) is 0 Å². The molecule has 1 N–H and O–H groups in total. The third-order valence-electron chi connectivity index (χ3n) is 0.875. The SMILES string of the molecule is F[B-](F)(F)c1ccn[nH]1.[K+]. The Morgan fingerprint density at radius 3 is 2.20 bits per heavy atom. The molecule has 0 atom stereocenters. The monoisotopic (exact) mass is 174 g/mol. The van der Waals surface area contributed by atoms with E-state index in [1.165, 1.54) is 0 Å². The summed E-state index contributed by atoms with van der Waals surface area (Å²) < 4.78 is 34.8. The molecular weight excluding hydrogens is 171 g/mol. The maximum atomic E-state index is 11.6. The minimum absolute atomic E-state index is 0. The van der Waals surface area contributed by atoms with Gasteiger partial charge >= 0.3 is 58.4 Å². The van der Waals surface area contributed by atoms with Gasteiger partial charge < -0.3 is 18.0 Å². The smallest absolute Gasteiger partial charge is 0.444 e. The molecule has 0 fully saturated rings. The van der Waals surface area contributed by atoms with E-state index in [0.717, 1.165) is 12.3 Å². The third kappa shape index (κ3) is 2.75. The zero-order chi connectivity index (χ0) is 6.91. The van der Waals surface area contributed by atoms with Gasteiger partial charge in [0.2, 0.25) is 0 Å². The van der Waals surface area contributed by atoms with Crippen molar-refractivity contribution in [2.75, 3.05) is 0 Å². The molecule has 0 radical (unpaired) electrons. The van der Waals surface area contributed by atoms with E-state index >= 15 is 0 Å². The van der Waals surface area contributed by atoms with Gasteiger partial charge in [-0.1, -0.05) is 6.07 Å². The fourth-order valence-corrected chi connectivity index (χ4v) is 0.449. The summed E-state index contributed by atoms with van der Waals surface area (Å²) in [6.45, 7) is -4.88. The van der Waals surface area contributed by atoms with Crippen molar-refractivity contribution in [1.82, 2.24) is 10.2 Å². The van der Waals surface area contributed by atoms with Gasteiger partial charge in [-0.3, -0.25) is 0 Å². The Balaban J connectivity index is 0.000000810. The molecule has 1 rings (SSSR count). The number of H-pyrrole nitrogens is 1. The van der Waals surface area contributed by atoms with Crippen molar-refractivity contribution in [2.45, 2.75) is 0 Å². The van der Waals surface area contributed by atoms with Crippen molar-refractivity contribution in [3.05, 3.63) is 12.3 Å². The van der Waals surface area contributed by atoms with E-state index in [1.807, 2.05) is 5.10 Å². The van der Waals surface area contributed by atoms with Gasteiger partial charge in [0.1, 0.15) is 0 Å². The summed E-state index contributed by atoms with van der Waals surface area (Å²) in [6.07, 6.45) is 1.07. The Bertz CT molecular complexity index is 184. The van der Waals surface area contributed by atoms with E-state index < -0.39 is 12.6 Å². The van der Waals surface area contributed by atoms with Gasteiger partial charge in [-0.05, 0) is 5.59 Å². The first kappa shape index (κ1) is 10.7. The molecule has 2 nitrogen and oxygen atoms in total. The van der Waals surface area contributed by atoms with Gasteiger partial charge in [-0.15, -0.1) is 0 Å². The van der Waals surface area contributed by atoms with Crippen LogP contribution in [0, 0.1) is 0 Å². The van der Waals surface area contributed by atoms with E-state index in [-0.39, 0.29) is 51.4 Å². The van der Waals surface area contributed by atoms with Crippen LogP contribution in [0.25, 0.3) is 0 Å². The first-order chi connectivity index (χ1) is 4.11. The number of halogens is 3. The molecular formula is C3H3BF3KN2. The number of aromatic amines is 1. The fourth-order valence-electron chi connectivity index (χ4n) is 0.449. The van der Waals surface area contributed by atoms with Crippen LogP contribution in [0.1, 0.15) is 0 Å². The standard InChI is InChI=1S/C3H3BF3N2.K/c5-4(6,7)3-1-2-8-9-3;/h1-2H,(H,8,9);/q-1;+1. The van der Waals surface area contributed by atoms with Gasteiger partial charge in [-0.25, -0.2) is 0 Å². The molecule has 10 heavy (non-hydrogen) atoms. The van der Waals surface area contributed by atoms with E-state index in [1.54, 1.807) is 0 Å². The minimum Gasteiger partial charge on any atom is -0.444 e. The second kappa shape index (κ2) is 3.91. The number of nitrogens with one attached hydrogen (secondary N) is 1. The van der Waals surface area contributed by atoms with Gasteiger partial charge in [0.15, 0.2) is 0 Å². The average Bonchev–Trinajstić information content (AvgIpc) is 2.08. The molecule has 0 aliphatic heterocycles. The van der Waals surface area contributed by atoms with E-state index in [9.17, 15) is 12.9 Å². The third-order valence-corrected chi connectivity index (χ3v) is 0.875. The predicted octanol–water partition coefficient (Wildman–Crippen LogP) is -2.53. The summed E-state index contributed by atoms with van der Waals surface area (Å²) >= 11 is 0. The fraction of sp³-hybridized carbons (Fsp3) is 0. The zero-order valence-electron chi connectivity index (χ0n) is 5.31. The molecule has 0 aliphatic rings. The summed E-state index contributed by atoms with van der Waals surface area (Å²) in [5, 5.41) is 4.99. The summed E-state index contributed by atoms with van der Waals surface area (Å²) in [7, 11) is 0. The summed E-state index contributed by atoms with van der Waals surface area (Å²) in [4.78, 5) is 0. The Labute approximate surface area is 98.1 Å². The first-order valence-corrected chi connectivity index (χ1v) is 2.30. The Morgan fingerprint density at radius 2 is 2.00 bits per heavy atom. The van der Waals surface area contributed by atoms with Crippen molar-refractivity contribution in [3.8, 4) is 0 Å². The number of hydrogen-bond acceptors (Lipinski definition) is 1. The molecule has 50 valence electrons. The van der Waals surface area contributed by atoms with Gasteiger partial charge in [0.25, 0.3) is 0 Å². The summed E-state index contributed by atoms with van der Waals surface area (Å²) in [5.41, 5.74) is -0.755. The van der Waals surface area contributed by atoms with Crippen LogP contribution in [0.4, 0.5) is 12.9 Å². The van der Waals surface area contributed by atoms with Crippen molar-refractivity contribution in [3.63, 3.8) is 0 Å². The maximum absolute atomic E-state index is 11.6. The molecule has 1 heterocycles. The number of aromatic nitrogens is 2. The first-order valence-electron chi connectivity index (χ1n) is 2.30. The molecule has 0 saturated heterocycles. The Morgan fingerprint density at radius 1 is 1.40 bits per heavy atom. The average molecular weight is 174 g/mol. The van der Waals surface area contributed by atoms with Crippen LogP contribution in [0.5, 0.6) is 0 Å². The second-order valence-electron chi connectivity index (χ2n) is 1.59. The molecule has 1 aromatic heterocycles. The zero-order valence-corrected chi connectivity index (χ0v) is 8.44. The van der Waals surface area contributed by atoms with Crippen LogP contribution in [0.15, 0.2) is 12.3 Å². The van der Waals surface area contributed by atoms with Crippen LogP contribution in [-0.2, 0) is 0 Å². The molecule has 1 aromatic rings. The Kier molecular flexibility index (Phi) is 4.19. The van der Waals surface area contributed by atoms with Crippen LogP contribution in [0.2, 0.25) is 0 Å². The van der Waals surface area contributed by atoms with Crippen LogP contribution in [0.3, 0.4) is 0 Å². The van der Waals surface area contributed by atoms with Crippen molar-refractivity contribution >= 4 is 12.6 Å². The van der Waals surface area contributed by atoms with Crippen LogP contribution in [-0.4, -0.2) is 17.2 Å². The predicted molar refractivity (Wildman–Crippen MR) is 27.3 cm³/mol. The van der Waals surface area contributed by atoms with Gasteiger partial charge in [-0.2, -0.15) is 5.10 Å². The molecule has 0 spiro atoms. The van der Waals surface area contributed by atoms with Crippen LogP contribution < -0.4 is 57.0 Å². The van der Waals surface area contributed by atoms with Crippen molar-refractivity contribution < 1.29 is 64.3 Å². The summed E-state index contributed by atoms with van der Waals surface area (Å²) in [6, 6.07) is 0.903. The Hall–Kier alpha value is 0.701. The molecule has 0 saturated carbocycles. The van der Waals surface area contributed by atoms with Crippen LogP contribution >= 0.6 is 0 Å². The molecule has 0 aliphatic carbocycles. The molecule has 7 heteroatoms. The molecule has 0 bridgehead atoms. The largest absolute Gasteiger partial charge is 1.00 e. The molecule has 0 unspecified atom stereocenters. The normalized spacial score (nSPS) is 10.7. The van der Waals surface area contributed by atoms with Gasteiger partial charge in [0.05, 0.1) is 0 Å². The molecule has 0 amide bonds. The number of rotatable bonds is 1. The number of hydrogen-bond donors (Lipinski definition) is 1. The maximum Gasteiger partial charge on any atom is 1.00 e. The van der Waals surface area contributed by atoms with Gasteiger partial charge in [0, 0.05) is 6.20 Å². The van der Waals surface area contributed by atoms with E-state index in [2.05, 4.69) is 5.10 Å². The van der Waals surface area contributed by atoms with Crippen molar-refractivity contribution in [1.29, 1.82) is 0 Å². The topological polar surface area (TPSA) is 28.7 Å². The van der Waals surface area contributed by atoms with Crippen molar-refractivity contribution in [2.24, 2.45) is 0 Å². The minimum atomic E-state index is -4.88. The summed E-state index contributed by atoms with van der Waals surface area (Å²) in [5.74, 6) is 0.